The number of nitrogens with one attached hydrogen (secondary N) is 8. The molecular formula is C98H133ClF2N14O19S3. The molecule has 0 heterocycles. The van der Waals surface area contributed by atoms with Crippen LogP contribution in [0.5, 0.6) is 0 Å². The molecule has 0 aliphatic rings. The lowest BCUT2D eigenvalue weighted by atomic mass is 9.85. The summed E-state index contributed by atoms with van der Waals surface area (Å²) in [6, 6.07) is 48.9. The minimum atomic E-state index is -4.30. The zero-order chi connectivity index (χ0) is 102. The van der Waals surface area contributed by atoms with E-state index in [0.29, 0.717) is 16.8 Å². The molecule has 0 saturated carbocycles. The largest absolute Gasteiger partial charge is 0.399 e. The topological polar surface area (TPSA) is 484 Å². The van der Waals surface area contributed by atoms with Crippen molar-refractivity contribution < 1.29 is 88.0 Å². The van der Waals surface area contributed by atoms with E-state index in [4.69, 9.17) is 17.3 Å². The number of carbonyl (C=O) groups excluding carboxylic acids is 6. The zero-order valence-electron chi connectivity index (χ0n) is 80.1. The molecule has 6 unspecified atom stereocenters. The minimum absolute atomic E-state index is 0.00259. The molecule has 6 amide bonds. The van der Waals surface area contributed by atoms with Gasteiger partial charge in [-0.2, -0.15) is 12.9 Å². The number of anilines is 1. The van der Waals surface area contributed by atoms with Crippen LogP contribution in [0.2, 0.25) is 0 Å². The van der Waals surface area contributed by atoms with Gasteiger partial charge in [-0.25, -0.2) is 34.0 Å². The SMILES string of the molecule is CC(C)CN(CC(O)C(Cc1ccccc1)NC(=O)[C@@H](NC(=O)CCl)C(C)(C)C)S(=O)(=O)c1cccc([N+](=O)[O-])c1.CC(C)CN(CC(O)C(Cc1ccccc1)NC(=O)[C@@H](NC(=O)CNCc1cccc(F)c1)C(C)(C)C)S(=O)(=O)c1cccc(N)c1.CC(C)CN(CC(O)C(Cc1ccccc1)NC(=O)[C@@H](NC(=O)CNCc1cccc(F)c1)C(C)(C)C)S(=O)(=O)c1cccc([N+](=O)[O-])c1. The monoisotopic (exact) mass is 1980 g/mol. The molecule has 0 saturated heterocycles. The molecule has 8 rings (SSSR count). The number of nitrogens with two attached hydrogens (primary N) is 1. The summed E-state index contributed by atoms with van der Waals surface area (Å²) in [4.78, 5) is 99.8. The van der Waals surface area contributed by atoms with Crippen molar-refractivity contribution in [2.75, 3.05) is 64.0 Å². The number of hydrogen-bond acceptors (Lipinski definition) is 22. The summed E-state index contributed by atoms with van der Waals surface area (Å²) >= 11 is 5.65. The Labute approximate surface area is 808 Å². The molecule has 39 heteroatoms. The average molecular weight is 1980 g/mol. The number of hydrogen-bond donors (Lipinski definition) is 12. The first-order valence-corrected chi connectivity index (χ1v) is 49.7. The van der Waals surface area contributed by atoms with Crippen LogP contribution in [-0.2, 0) is 91.2 Å². The van der Waals surface area contributed by atoms with Gasteiger partial charge in [0.25, 0.3) is 11.4 Å². The number of non-ortho nitro benzene ring substituents is 2. The van der Waals surface area contributed by atoms with E-state index >= 15 is 0 Å². The maximum atomic E-state index is 13.9. The molecule has 33 nitrogen and oxygen atoms in total. The van der Waals surface area contributed by atoms with Crippen molar-refractivity contribution in [3.63, 3.8) is 0 Å². The average Bonchev–Trinajstić information content (AvgIpc) is 0.813. The van der Waals surface area contributed by atoms with Crippen molar-refractivity contribution >= 4 is 94.2 Å². The zero-order valence-corrected chi connectivity index (χ0v) is 83.3. The van der Waals surface area contributed by atoms with Gasteiger partial charge >= 0.3 is 0 Å². The van der Waals surface area contributed by atoms with Gasteiger partial charge in [0.2, 0.25) is 65.5 Å². The first-order valence-electron chi connectivity index (χ1n) is 44.9. The second-order valence-electron chi connectivity index (χ2n) is 38.0. The van der Waals surface area contributed by atoms with Crippen LogP contribution >= 0.6 is 11.6 Å². The van der Waals surface area contributed by atoms with Gasteiger partial charge in [-0.15, -0.1) is 11.6 Å². The summed E-state index contributed by atoms with van der Waals surface area (Å²) in [6.45, 7) is 26.3. The molecule has 748 valence electrons. The normalized spacial score (nSPS) is 14.1. The fourth-order valence-electron chi connectivity index (χ4n) is 14.5. The Morgan fingerprint density at radius 2 is 0.650 bits per heavy atom. The quantitative estimate of drug-likeness (QED) is 0.00729. The minimum Gasteiger partial charge on any atom is -0.399 e. The van der Waals surface area contributed by atoms with Crippen LogP contribution in [0.3, 0.4) is 0 Å². The molecule has 13 N–H and O–H groups in total. The number of rotatable bonds is 47. The number of amides is 6. The molecule has 0 aromatic heterocycles. The lowest BCUT2D eigenvalue weighted by Crippen LogP contribution is -2.59. The third-order valence-electron chi connectivity index (χ3n) is 21.4. The fraction of sp³-hybridized carbons (Fsp3) is 0.449. The lowest BCUT2D eigenvalue weighted by molar-refractivity contribution is -0.385. The Hall–Kier alpha value is -11.1. The van der Waals surface area contributed by atoms with Gasteiger partial charge in [0, 0.05) is 82.3 Å². The summed E-state index contributed by atoms with van der Waals surface area (Å²) in [6.07, 6.45) is -3.59. The Balaban J connectivity index is 0.000000317. The van der Waals surface area contributed by atoms with Crippen molar-refractivity contribution in [3.05, 3.63) is 272 Å². The second-order valence-corrected chi connectivity index (χ2v) is 44.1. The highest BCUT2D eigenvalue weighted by Crippen LogP contribution is 2.30. The molecule has 8 aromatic rings. The van der Waals surface area contributed by atoms with Gasteiger partial charge < -0.3 is 63.6 Å². The predicted octanol–water partition coefficient (Wildman–Crippen LogP) is 10.4. The lowest BCUT2D eigenvalue weighted by Gasteiger charge is -2.34. The molecule has 0 bridgehead atoms. The van der Waals surface area contributed by atoms with Gasteiger partial charge in [-0.3, -0.25) is 49.0 Å². The van der Waals surface area contributed by atoms with E-state index in [0.717, 1.165) is 37.4 Å². The van der Waals surface area contributed by atoms with Crippen LogP contribution in [0.1, 0.15) is 132 Å². The third kappa shape index (κ3) is 37.9. The number of nitro benzene ring substituents is 2. The van der Waals surface area contributed by atoms with Crippen molar-refractivity contribution in [3.8, 4) is 0 Å². The van der Waals surface area contributed by atoms with Crippen LogP contribution in [0.4, 0.5) is 25.8 Å². The molecule has 137 heavy (non-hydrogen) atoms. The highest BCUT2D eigenvalue weighted by atomic mass is 35.5. The highest BCUT2D eigenvalue weighted by molar-refractivity contribution is 7.89. The molecule has 9 atom stereocenters. The Morgan fingerprint density at radius 3 is 0.912 bits per heavy atom. The predicted molar refractivity (Wildman–Crippen MR) is 523 cm³/mol. The first kappa shape index (κ1) is 115. The molecule has 8 aromatic carbocycles. The van der Waals surface area contributed by atoms with E-state index < -0.39 is 165 Å². The number of sulfonamides is 3. The summed E-state index contributed by atoms with van der Waals surface area (Å²) in [5.74, 6) is -4.59. The van der Waals surface area contributed by atoms with Gasteiger partial charge in [0.15, 0.2) is 0 Å². The van der Waals surface area contributed by atoms with E-state index in [9.17, 15) is 98.3 Å². The van der Waals surface area contributed by atoms with Gasteiger partial charge in [0.1, 0.15) is 35.6 Å². The highest BCUT2D eigenvalue weighted by Gasteiger charge is 2.42. The van der Waals surface area contributed by atoms with Crippen molar-refractivity contribution in [2.45, 2.75) is 205 Å². The van der Waals surface area contributed by atoms with E-state index in [1.54, 1.807) is 130 Å². The smallest absolute Gasteiger partial charge is 0.270 e. The summed E-state index contributed by atoms with van der Waals surface area (Å²) in [5, 5.41) is 79.9. The fourth-order valence-corrected chi connectivity index (χ4v) is 19.6. The molecule has 0 aliphatic carbocycles. The molecule has 0 aliphatic heterocycles. The molecule has 0 radical (unpaired) electrons. The number of aliphatic hydroxyl groups is 3. The standard InChI is InChI=1S/C35H46FN5O7S.C35H48FN5O5S.C28H39ClN4O7S/c1-24(2)22-40(49(47,48)29-16-10-15-28(19-29)41(45)46)23-31(42)30(18-25-11-7-6-8-12-25)38-34(44)33(35(3,4)5)39-32(43)21-37-20-26-13-9-14-27(36)17-26;1-24(2)22-41(47(45,46)29-16-10-15-28(37)19-29)23-31(42)30(18-25-11-7-6-8-12-25)39-34(44)33(35(3,4)5)40-32(43)21-38-20-26-13-9-14-27(36)17-26;1-19(2)17-32(41(39,40)22-13-9-12-21(15-22)33(37)38)18-24(34)23(14-20-10-7-6-8-11-20)30-27(36)26(28(3,4)5)31-25(35)16-29/h6-17,19,24,30-31,33,37,42H,18,20-23H2,1-5H3,(H,38,44)(H,39,43);6-17,19,24,30-31,33,38,42H,18,20-23,37H2,1-5H3,(H,39,44)(H,40,43);6-13,15,19,23-24,26,34H,14,16-18H2,1-5H3,(H,30,36)(H,31,35)/t2*30?,31?,33-;23?,24?,26-/m111/s1. The number of nitro groups is 2. The number of aliphatic hydroxyl groups excluding tert-OH is 3. The number of nitrogens with zero attached hydrogens (tertiary/aromatic N) is 5. The maximum Gasteiger partial charge on any atom is 0.270 e. The summed E-state index contributed by atoms with van der Waals surface area (Å²) in [5.41, 5.74) is 6.91. The van der Waals surface area contributed by atoms with Crippen LogP contribution in [0.25, 0.3) is 0 Å². The Bertz CT molecular complexity index is 5650. The molecule has 0 fully saturated rings. The number of benzene rings is 8. The van der Waals surface area contributed by atoms with Crippen molar-refractivity contribution in [2.24, 2.45) is 34.0 Å². The third-order valence-corrected chi connectivity index (χ3v) is 27.1. The van der Waals surface area contributed by atoms with Gasteiger partial charge in [-0.05, 0) is 136 Å². The summed E-state index contributed by atoms with van der Waals surface area (Å²) in [7, 11) is -12.6. The van der Waals surface area contributed by atoms with Crippen LogP contribution in [0, 0.1) is 65.9 Å². The van der Waals surface area contributed by atoms with Crippen LogP contribution in [0.15, 0.2) is 227 Å². The molecular weight excluding hydrogens is 1850 g/mol. The van der Waals surface area contributed by atoms with Crippen LogP contribution in [-0.4, -0.2) is 212 Å². The molecule has 0 spiro atoms. The number of nitrogen functional groups attached to an aromatic ring is 1. The second kappa shape index (κ2) is 53.1. The summed E-state index contributed by atoms with van der Waals surface area (Å²) < 4.78 is 113. The van der Waals surface area contributed by atoms with Crippen molar-refractivity contribution in [1.82, 2.24) is 55.4 Å². The van der Waals surface area contributed by atoms with Gasteiger partial charge in [0.05, 0.1) is 74.1 Å². The van der Waals surface area contributed by atoms with Crippen molar-refractivity contribution in [1.29, 1.82) is 0 Å². The van der Waals surface area contributed by atoms with E-state index in [1.165, 1.54) is 77.1 Å². The number of carbonyl (C=O) groups is 6. The van der Waals surface area contributed by atoms with Crippen LogP contribution < -0.4 is 48.3 Å². The Morgan fingerprint density at radius 1 is 0.380 bits per heavy atom. The van der Waals surface area contributed by atoms with E-state index in [-0.39, 0.29) is 127 Å². The van der Waals surface area contributed by atoms with E-state index in [2.05, 4.69) is 42.5 Å². The Kier molecular flexibility index (Phi) is 44.4. The number of alkyl halides is 1. The van der Waals surface area contributed by atoms with E-state index in [1.807, 2.05) is 101 Å². The number of halogens is 3. The first-order chi connectivity index (χ1) is 64.1. The van der Waals surface area contributed by atoms with Gasteiger partial charge in [-0.1, -0.05) is 237 Å². The maximum absolute atomic E-state index is 13.9.